The second kappa shape index (κ2) is 6.53. The number of carbonyl (C=O) groups excluding carboxylic acids is 1. The number of thiazole rings is 1. The molecule has 0 unspecified atom stereocenters. The van der Waals surface area contributed by atoms with Crippen LogP contribution < -0.4 is 10.6 Å². The molecule has 8 heteroatoms. The fourth-order valence-electron chi connectivity index (χ4n) is 2.63. The van der Waals surface area contributed by atoms with Gasteiger partial charge in [-0.25, -0.2) is 9.67 Å². The van der Waals surface area contributed by atoms with Crippen LogP contribution in [0.25, 0.3) is 0 Å². The third-order valence-electron chi connectivity index (χ3n) is 3.92. The summed E-state index contributed by atoms with van der Waals surface area (Å²) in [6, 6.07) is 0.321. The van der Waals surface area contributed by atoms with Crippen molar-refractivity contribution in [2.75, 3.05) is 18.4 Å². The number of piperidine rings is 1. The molecule has 7 nitrogen and oxygen atoms in total. The van der Waals surface area contributed by atoms with E-state index < -0.39 is 0 Å². The van der Waals surface area contributed by atoms with Gasteiger partial charge in [0.1, 0.15) is 0 Å². The molecule has 1 aliphatic rings. The molecule has 0 atom stereocenters. The number of rotatable bonds is 4. The van der Waals surface area contributed by atoms with Crippen molar-refractivity contribution < 1.29 is 4.79 Å². The van der Waals surface area contributed by atoms with E-state index in [-0.39, 0.29) is 5.91 Å². The van der Waals surface area contributed by atoms with Crippen LogP contribution in [0.3, 0.4) is 0 Å². The van der Waals surface area contributed by atoms with Crippen LogP contribution in [0.1, 0.15) is 46.9 Å². The lowest BCUT2D eigenvalue weighted by Crippen LogP contribution is -2.30. The molecular formula is C14H20N6OS. The number of hydrogen-bond donors (Lipinski definition) is 2. The lowest BCUT2D eigenvalue weighted by molar-refractivity contribution is 0.102. The predicted molar refractivity (Wildman–Crippen MR) is 85.3 cm³/mol. The van der Waals surface area contributed by atoms with E-state index in [1.165, 1.54) is 11.3 Å². The van der Waals surface area contributed by atoms with Crippen LogP contribution >= 0.6 is 11.3 Å². The fraction of sp³-hybridized carbons (Fsp3) is 0.571. The Labute approximate surface area is 133 Å². The Morgan fingerprint density at radius 3 is 2.95 bits per heavy atom. The Morgan fingerprint density at radius 1 is 1.50 bits per heavy atom. The minimum atomic E-state index is -0.241. The van der Waals surface area contributed by atoms with E-state index in [2.05, 4.69) is 32.9 Å². The summed E-state index contributed by atoms with van der Waals surface area (Å²) >= 11 is 1.49. The maximum absolute atomic E-state index is 12.4. The van der Waals surface area contributed by atoms with E-state index in [1.54, 1.807) is 6.20 Å². The fourth-order valence-corrected chi connectivity index (χ4v) is 3.38. The number of anilines is 1. The van der Waals surface area contributed by atoms with Crippen LogP contribution in [0, 0.1) is 6.92 Å². The van der Waals surface area contributed by atoms with Crippen molar-refractivity contribution in [1.82, 2.24) is 25.3 Å². The summed E-state index contributed by atoms with van der Waals surface area (Å²) in [7, 11) is 0. The van der Waals surface area contributed by atoms with Crippen molar-refractivity contribution in [1.29, 1.82) is 0 Å². The minimum Gasteiger partial charge on any atom is -0.317 e. The van der Waals surface area contributed by atoms with Gasteiger partial charge in [0.25, 0.3) is 5.91 Å². The highest BCUT2D eigenvalue weighted by Gasteiger charge is 2.23. The summed E-state index contributed by atoms with van der Waals surface area (Å²) in [5, 5.41) is 15.0. The number of amides is 1. The van der Waals surface area contributed by atoms with Crippen LogP contribution in [0.5, 0.6) is 0 Å². The topological polar surface area (TPSA) is 84.7 Å². The lowest BCUT2D eigenvalue weighted by Gasteiger charge is -2.23. The maximum Gasteiger partial charge on any atom is 0.279 e. The Morgan fingerprint density at radius 2 is 2.27 bits per heavy atom. The average molecular weight is 320 g/mol. The number of nitrogens with zero attached hydrogens (tertiary/aromatic N) is 4. The van der Waals surface area contributed by atoms with E-state index in [0.717, 1.165) is 42.9 Å². The van der Waals surface area contributed by atoms with Crippen molar-refractivity contribution in [2.24, 2.45) is 0 Å². The van der Waals surface area contributed by atoms with E-state index in [9.17, 15) is 4.79 Å². The first kappa shape index (κ1) is 15.1. The standard InChI is InChI=1S/C14H20N6OS/c1-3-11-8-16-14(22-11)17-13(21)12-9(2)20(19-18-12)10-4-6-15-7-5-10/h8,10,15H,3-7H2,1-2H3,(H,16,17,21). The predicted octanol–water partition coefficient (Wildman–Crippen LogP) is 1.78. The molecule has 3 heterocycles. The smallest absolute Gasteiger partial charge is 0.279 e. The molecular weight excluding hydrogens is 300 g/mol. The molecule has 1 fully saturated rings. The van der Waals surface area contributed by atoms with Gasteiger partial charge in [0, 0.05) is 11.1 Å². The van der Waals surface area contributed by atoms with Crippen LogP contribution in [0.15, 0.2) is 6.20 Å². The second-order valence-electron chi connectivity index (χ2n) is 5.39. The normalized spacial score (nSPS) is 15.9. The van der Waals surface area contributed by atoms with Gasteiger partial charge in [-0.3, -0.25) is 10.1 Å². The molecule has 0 radical (unpaired) electrons. The largest absolute Gasteiger partial charge is 0.317 e. The molecule has 1 aliphatic heterocycles. The Kier molecular flexibility index (Phi) is 4.49. The third kappa shape index (κ3) is 3.02. The van der Waals surface area contributed by atoms with E-state index >= 15 is 0 Å². The van der Waals surface area contributed by atoms with Crippen molar-refractivity contribution in [3.05, 3.63) is 22.5 Å². The van der Waals surface area contributed by atoms with Gasteiger partial charge in [-0.1, -0.05) is 12.1 Å². The number of aromatic nitrogens is 4. The first-order chi connectivity index (χ1) is 10.7. The van der Waals surface area contributed by atoms with Crippen molar-refractivity contribution in [2.45, 2.75) is 39.2 Å². The first-order valence-electron chi connectivity index (χ1n) is 7.57. The molecule has 118 valence electrons. The molecule has 0 spiro atoms. The van der Waals surface area contributed by atoms with Crippen molar-refractivity contribution >= 4 is 22.4 Å². The van der Waals surface area contributed by atoms with Gasteiger partial charge in [0.05, 0.1) is 11.7 Å². The average Bonchev–Trinajstić information content (AvgIpc) is 3.14. The second-order valence-corrected chi connectivity index (χ2v) is 6.50. The number of aryl methyl sites for hydroxylation is 1. The highest BCUT2D eigenvalue weighted by Crippen LogP contribution is 2.22. The Hall–Kier alpha value is -1.80. The SMILES string of the molecule is CCc1cnc(NC(=O)c2nnn(C3CCNCC3)c2C)s1. The highest BCUT2D eigenvalue weighted by molar-refractivity contribution is 7.15. The van der Waals surface area contributed by atoms with Gasteiger partial charge in [-0.05, 0) is 39.3 Å². The van der Waals surface area contributed by atoms with Crippen LogP contribution in [-0.4, -0.2) is 39.0 Å². The molecule has 3 rings (SSSR count). The summed E-state index contributed by atoms with van der Waals surface area (Å²) in [4.78, 5) is 17.7. The Balaban J connectivity index is 1.73. The molecule has 2 N–H and O–H groups in total. The molecule has 0 saturated carbocycles. The molecule has 0 aliphatic carbocycles. The summed E-state index contributed by atoms with van der Waals surface area (Å²) in [5.74, 6) is -0.241. The van der Waals surface area contributed by atoms with Gasteiger partial charge in [0.15, 0.2) is 10.8 Å². The zero-order valence-corrected chi connectivity index (χ0v) is 13.6. The molecule has 22 heavy (non-hydrogen) atoms. The third-order valence-corrected chi connectivity index (χ3v) is 4.98. The van der Waals surface area contributed by atoms with Gasteiger partial charge < -0.3 is 5.32 Å². The van der Waals surface area contributed by atoms with Crippen molar-refractivity contribution in [3.8, 4) is 0 Å². The number of carbonyl (C=O) groups is 1. The summed E-state index contributed by atoms with van der Waals surface area (Å²) < 4.78 is 1.88. The minimum absolute atomic E-state index is 0.241. The van der Waals surface area contributed by atoms with Crippen LogP contribution in [-0.2, 0) is 6.42 Å². The highest BCUT2D eigenvalue weighted by atomic mass is 32.1. The summed E-state index contributed by atoms with van der Waals surface area (Å²) in [6.45, 7) is 5.92. The molecule has 1 saturated heterocycles. The van der Waals surface area contributed by atoms with E-state index in [4.69, 9.17) is 0 Å². The van der Waals surface area contributed by atoms with E-state index in [0.29, 0.717) is 16.9 Å². The van der Waals surface area contributed by atoms with Crippen LogP contribution in [0.2, 0.25) is 0 Å². The zero-order valence-electron chi connectivity index (χ0n) is 12.8. The van der Waals surface area contributed by atoms with Gasteiger partial charge >= 0.3 is 0 Å². The molecule has 2 aromatic rings. The van der Waals surface area contributed by atoms with E-state index in [1.807, 2.05) is 11.6 Å². The first-order valence-corrected chi connectivity index (χ1v) is 8.39. The van der Waals surface area contributed by atoms with Gasteiger partial charge in [0.2, 0.25) is 0 Å². The number of hydrogen-bond acceptors (Lipinski definition) is 6. The zero-order chi connectivity index (χ0) is 15.5. The van der Waals surface area contributed by atoms with Crippen LogP contribution in [0.4, 0.5) is 5.13 Å². The monoisotopic (exact) mass is 320 g/mol. The molecule has 0 bridgehead atoms. The quantitative estimate of drug-likeness (QED) is 0.897. The summed E-state index contributed by atoms with van der Waals surface area (Å²) in [6.07, 6.45) is 4.73. The van der Waals surface area contributed by atoms with Gasteiger partial charge in [-0.15, -0.1) is 16.4 Å². The molecule has 1 amide bonds. The van der Waals surface area contributed by atoms with Gasteiger partial charge in [-0.2, -0.15) is 0 Å². The lowest BCUT2D eigenvalue weighted by atomic mass is 10.1. The molecule has 2 aromatic heterocycles. The van der Waals surface area contributed by atoms with Crippen molar-refractivity contribution in [3.63, 3.8) is 0 Å². The maximum atomic E-state index is 12.4. The molecule has 0 aromatic carbocycles. The summed E-state index contributed by atoms with van der Waals surface area (Å²) in [5.41, 5.74) is 1.20. The Bertz CT molecular complexity index is 658. The number of nitrogens with one attached hydrogen (secondary N) is 2.